The molecule has 0 unspecified atom stereocenters. The summed E-state index contributed by atoms with van der Waals surface area (Å²) in [4.78, 5) is 10.3. The van der Waals surface area contributed by atoms with Gasteiger partial charge in [-0.05, 0) is 32.1 Å². The number of benzene rings is 1. The van der Waals surface area contributed by atoms with Gasteiger partial charge in [-0.15, -0.1) is 0 Å². The highest BCUT2D eigenvalue weighted by molar-refractivity contribution is 9.10. The van der Waals surface area contributed by atoms with E-state index in [1.165, 1.54) is 7.05 Å². The van der Waals surface area contributed by atoms with Crippen LogP contribution in [0.15, 0.2) is 21.5 Å². The molecule has 0 aromatic heterocycles. The number of hydrogen-bond donors (Lipinski definition) is 2. The van der Waals surface area contributed by atoms with E-state index in [9.17, 15) is 17.6 Å². The number of sulfonamides is 1. The number of nitrogens with one attached hydrogen (secondary N) is 1. The first-order chi connectivity index (χ1) is 9.71. The Morgan fingerprint density at radius 2 is 2.10 bits per heavy atom. The lowest BCUT2D eigenvalue weighted by Gasteiger charge is -2.18. The van der Waals surface area contributed by atoms with E-state index in [4.69, 9.17) is 5.11 Å². The minimum Gasteiger partial charge on any atom is -0.478 e. The largest absolute Gasteiger partial charge is 0.478 e. The van der Waals surface area contributed by atoms with Gasteiger partial charge in [0.2, 0.25) is 10.0 Å². The molecule has 0 heterocycles. The number of carboxylic acids is 1. The van der Waals surface area contributed by atoms with Crippen molar-refractivity contribution in [1.82, 2.24) is 9.62 Å². The Labute approximate surface area is 131 Å². The highest BCUT2D eigenvalue weighted by Crippen LogP contribution is 2.26. The molecule has 0 aliphatic heterocycles. The average molecular weight is 383 g/mol. The van der Waals surface area contributed by atoms with E-state index in [2.05, 4.69) is 21.2 Å². The van der Waals surface area contributed by atoms with E-state index in [-0.39, 0.29) is 11.0 Å². The van der Waals surface area contributed by atoms with Crippen LogP contribution in [0.25, 0.3) is 0 Å². The van der Waals surface area contributed by atoms with Crippen LogP contribution in [0.2, 0.25) is 0 Å². The van der Waals surface area contributed by atoms with Crippen LogP contribution >= 0.6 is 15.9 Å². The van der Waals surface area contributed by atoms with Crippen molar-refractivity contribution in [2.75, 3.05) is 27.2 Å². The zero-order valence-electron chi connectivity index (χ0n) is 11.6. The fourth-order valence-corrected chi connectivity index (χ4v) is 3.60. The van der Waals surface area contributed by atoms with Crippen LogP contribution in [0.5, 0.6) is 0 Å². The number of carboxylic acid groups (broad SMARTS) is 1. The number of hydrogen-bond acceptors (Lipinski definition) is 4. The molecule has 2 N–H and O–H groups in total. The van der Waals surface area contributed by atoms with Gasteiger partial charge in [0.25, 0.3) is 0 Å². The predicted molar refractivity (Wildman–Crippen MR) is 79.4 cm³/mol. The third-order valence-electron chi connectivity index (χ3n) is 2.82. The highest BCUT2D eigenvalue weighted by atomic mass is 79.9. The van der Waals surface area contributed by atoms with Gasteiger partial charge in [-0.2, -0.15) is 0 Å². The van der Waals surface area contributed by atoms with Crippen molar-refractivity contribution in [1.29, 1.82) is 0 Å². The van der Waals surface area contributed by atoms with Crippen molar-refractivity contribution in [2.45, 2.75) is 11.3 Å². The molecule has 118 valence electrons. The molecule has 0 amide bonds. The molecule has 0 saturated carbocycles. The molecule has 1 aromatic carbocycles. The second kappa shape index (κ2) is 7.30. The number of carbonyl (C=O) groups is 1. The topological polar surface area (TPSA) is 86.7 Å². The molecule has 9 heteroatoms. The van der Waals surface area contributed by atoms with Crippen LogP contribution in [0.4, 0.5) is 4.39 Å². The Morgan fingerprint density at radius 1 is 1.48 bits per heavy atom. The normalized spacial score (nSPS) is 11.9. The van der Waals surface area contributed by atoms with E-state index in [0.29, 0.717) is 13.0 Å². The van der Waals surface area contributed by atoms with Crippen molar-refractivity contribution < 1.29 is 22.7 Å². The van der Waals surface area contributed by atoms with Gasteiger partial charge in [0.05, 0.1) is 5.56 Å². The summed E-state index contributed by atoms with van der Waals surface area (Å²) in [7, 11) is -1.03. The Morgan fingerprint density at radius 3 is 2.62 bits per heavy atom. The second-order valence-corrected chi connectivity index (χ2v) is 7.28. The van der Waals surface area contributed by atoms with Crippen molar-refractivity contribution in [3.63, 3.8) is 0 Å². The van der Waals surface area contributed by atoms with E-state index in [1.54, 1.807) is 7.05 Å². The molecule has 21 heavy (non-hydrogen) atoms. The van der Waals surface area contributed by atoms with Gasteiger partial charge >= 0.3 is 5.97 Å². The van der Waals surface area contributed by atoms with Crippen LogP contribution in [0.3, 0.4) is 0 Å². The molecular formula is C12H16BrFN2O4S. The number of halogens is 2. The first kappa shape index (κ1) is 18.0. The Balaban J connectivity index is 3.22. The summed E-state index contributed by atoms with van der Waals surface area (Å²) < 4.78 is 40.0. The molecule has 0 aliphatic rings. The third kappa shape index (κ3) is 4.22. The van der Waals surface area contributed by atoms with Gasteiger partial charge in [0, 0.05) is 18.1 Å². The third-order valence-corrected chi connectivity index (χ3v) is 5.14. The summed E-state index contributed by atoms with van der Waals surface area (Å²) in [5.41, 5.74) is -0.688. The SMILES string of the molecule is CNCCCN(C)S(=O)(=O)c1cc(Br)cc(C(=O)O)c1F. The second-order valence-electron chi connectivity index (χ2n) is 4.35. The maximum Gasteiger partial charge on any atom is 0.338 e. The molecule has 0 saturated heterocycles. The van der Waals surface area contributed by atoms with Gasteiger partial charge in [0.1, 0.15) is 4.90 Å². The minimum absolute atomic E-state index is 0.184. The number of nitrogens with zero attached hydrogens (tertiary/aromatic N) is 1. The van der Waals surface area contributed by atoms with Gasteiger partial charge in [-0.1, -0.05) is 15.9 Å². The van der Waals surface area contributed by atoms with E-state index >= 15 is 0 Å². The molecule has 0 atom stereocenters. The van der Waals surface area contributed by atoms with Gasteiger partial charge < -0.3 is 10.4 Å². The van der Waals surface area contributed by atoms with Crippen LogP contribution < -0.4 is 5.32 Å². The molecule has 0 spiro atoms. The maximum atomic E-state index is 14.1. The molecule has 1 aromatic rings. The molecule has 0 radical (unpaired) electrons. The monoisotopic (exact) mass is 382 g/mol. The molecule has 0 bridgehead atoms. The van der Waals surface area contributed by atoms with E-state index < -0.39 is 32.3 Å². The van der Waals surface area contributed by atoms with Crippen LogP contribution in [-0.2, 0) is 10.0 Å². The maximum absolute atomic E-state index is 14.1. The molecule has 1 rings (SSSR count). The van der Waals surface area contributed by atoms with Crippen molar-refractivity contribution in [2.24, 2.45) is 0 Å². The Hall–Kier alpha value is -1.03. The lowest BCUT2D eigenvalue weighted by atomic mass is 10.2. The summed E-state index contributed by atoms with van der Waals surface area (Å²) in [6.07, 6.45) is 0.549. The molecular weight excluding hydrogens is 367 g/mol. The zero-order chi connectivity index (χ0) is 16.2. The lowest BCUT2D eigenvalue weighted by Crippen LogP contribution is -2.30. The fraction of sp³-hybridized carbons (Fsp3) is 0.417. The average Bonchev–Trinajstić information content (AvgIpc) is 2.40. The van der Waals surface area contributed by atoms with Crippen LogP contribution in [-0.4, -0.2) is 51.0 Å². The van der Waals surface area contributed by atoms with Gasteiger partial charge in [-0.25, -0.2) is 21.9 Å². The first-order valence-electron chi connectivity index (χ1n) is 6.05. The first-order valence-corrected chi connectivity index (χ1v) is 8.28. The number of aromatic carboxylic acids is 1. The van der Waals surface area contributed by atoms with E-state index in [1.807, 2.05) is 0 Å². The number of rotatable bonds is 7. The van der Waals surface area contributed by atoms with Gasteiger partial charge in [-0.3, -0.25) is 0 Å². The summed E-state index contributed by atoms with van der Waals surface area (Å²) >= 11 is 3.00. The summed E-state index contributed by atoms with van der Waals surface area (Å²) in [5, 5.41) is 11.8. The molecule has 0 fully saturated rings. The van der Waals surface area contributed by atoms with Crippen molar-refractivity contribution in [3.05, 3.63) is 28.0 Å². The van der Waals surface area contributed by atoms with Crippen molar-refractivity contribution in [3.8, 4) is 0 Å². The van der Waals surface area contributed by atoms with Gasteiger partial charge in [0.15, 0.2) is 5.82 Å². The standard InChI is InChI=1S/C12H16BrFN2O4S/c1-15-4-3-5-16(2)21(19,20)10-7-8(13)6-9(11(10)14)12(17)18/h6-7,15H,3-5H2,1-2H3,(H,17,18). The van der Waals surface area contributed by atoms with E-state index in [0.717, 1.165) is 16.4 Å². The quantitative estimate of drug-likeness (QED) is 0.698. The summed E-state index contributed by atoms with van der Waals surface area (Å²) in [5.74, 6) is -2.78. The Bertz CT molecular complexity index is 636. The zero-order valence-corrected chi connectivity index (χ0v) is 14.0. The smallest absolute Gasteiger partial charge is 0.338 e. The summed E-state index contributed by atoms with van der Waals surface area (Å²) in [6.45, 7) is 0.804. The minimum atomic E-state index is -4.09. The lowest BCUT2D eigenvalue weighted by molar-refractivity contribution is 0.0691. The van der Waals surface area contributed by atoms with Crippen molar-refractivity contribution >= 4 is 31.9 Å². The van der Waals surface area contributed by atoms with Crippen LogP contribution in [0.1, 0.15) is 16.8 Å². The highest BCUT2D eigenvalue weighted by Gasteiger charge is 2.28. The Kier molecular flexibility index (Phi) is 6.26. The predicted octanol–water partition coefficient (Wildman–Crippen LogP) is 1.52. The molecule has 0 aliphatic carbocycles. The fourth-order valence-electron chi connectivity index (χ4n) is 1.67. The molecule has 6 nitrogen and oxygen atoms in total. The van der Waals surface area contributed by atoms with Crippen LogP contribution in [0, 0.1) is 5.82 Å². The summed E-state index contributed by atoms with van der Waals surface area (Å²) in [6, 6.07) is 2.09.